The number of carbonyl (C=O) groups excluding carboxylic acids is 1. The number of benzene rings is 1. The van der Waals surface area contributed by atoms with Gasteiger partial charge in [0.05, 0.1) is 12.2 Å². The molecule has 0 amide bonds. The first-order valence-corrected chi connectivity index (χ1v) is 4.82. The SMILES string of the molecule is CCOc1ccccc1C(=O)/C=C/C(=O)O. The van der Waals surface area contributed by atoms with Gasteiger partial charge in [-0.1, -0.05) is 12.1 Å². The second-order valence-electron chi connectivity index (χ2n) is 2.96. The molecule has 84 valence electrons. The standard InChI is InChI=1S/C12H12O4/c1-2-16-11-6-4-3-5-9(11)10(13)7-8-12(14)15/h3-8H,2H2,1H3,(H,14,15)/b8-7+. The van der Waals surface area contributed by atoms with Crippen molar-refractivity contribution in [3.8, 4) is 5.75 Å². The monoisotopic (exact) mass is 220 g/mol. The Kier molecular flexibility index (Phi) is 4.27. The van der Waals surface area contributed by atoms with Gasteiger partial charge in [0.2, 0.25) is 0 Å². The molecule has 0 aliphatic heterocycles. The lowest BCUT2D eigenvalue weighted by Crippen LogP contribution is -2.02. The number of allylic oxidation sites excluding steroid dienone is 1. The maximum Gasteiger partial charge on any atom is 0.328 e. The Labute approximate surface area is 93.2 Å². The summed E-state index contributed by atoms with van der Waals surface area (Å²) in [6.45, 7) is 2.27. The van der Waals surface area contributed by atoms with Gasteiger partial charge >= 0.3 is 5.97 Å². The van der Waals surface area contributed by atoms with Gasteiger partial charge in [-0.05, 0) is 25.1 Å². The molecule has 1 rings (SSSR count). The highest BCUT2D eigenvalue weighted by molar-refractivity contribution is 6.08. The van der Waals surface area contributed by atoms with Crippen LogP contribution in [0, 0.1) is 0 Å². The highest BCUT2D eigenvalue weighted by atomic mass is 16.5. The van der Waals surface area contributed by atoms with Crippen molar-refractivity contribution in [3.05, 3.63) is 42.0 Å². The van der Waals surface area contributed by atoms with Crippen molar-refractivity contribution in [1.29, 1.82) is 0 Å². The predicted octanol–water partition coefficient (Wildman–Crippen LogP) is 1.91. The molecular formula is C12H12O4. The molecule has 1 N–H and O–H groups in total. The number of hydrogen-bond donors (Lipinski definition) is 1. The third kappa shape index (κ3) is 3.24. The van der Waals surface area contributed by atoms with Gasteiger partial charge in [-0.2, -0.15) is 0 Å². The molecule has 0 bridgehead atoms. The number of carboxylic acid groups (broad SMARTS) is 1. The second-order valence-corrected chi connectivity index (χ2v) is 2.96. The molecule has 1 aromatic carbocycles. The number of ketones is 1. The van der Waals surface area contributed by atoms with Gasteiger partial charge < -0.3 is 9.84 Å². The summed E-state index contributed by atoms with van der Waals surface area (Å²) in [5.74, 6) is -1.07. The molecule has 0 spiro atoms. The molecule has 4 nitrogen and oxygen atoms in total. The molecule has 4 heteroatoms. The summed E-state index contributed by atoms with van der Waals surface area (Å²) in [6, 6.07) is 6.72. The van der Waals surface area contributed by atoms with Crippen LogP contribution >= 0.6 is 0 Å². The largest absolute Gasteiger partial charge is 0.493 e. The smallest absolute Gasteiger partial charge is 0.328 e. The zero-order valence-corrected chi connectivity index (χ0v) is 8.84. The quantitative estimate of drug-likeness (QED) is 0.608. The lowest BCUT2D eigenvalue weighted by atomic mass is 10.1. The Morgan fingerprint density at radius 2 is 2.00 bits per heavy atom. The molecule has 0 saturated heterocycles. The Hall–Kier alpha value is -2.10. The maximum atomic E-state index is 11.6. The minimum absolute atomic E-state index is 0.363. The average molecular weight is 220 g/mol. The van der Waals surface area contributed by atoms with Crippen LogP contribution in [0.3, 0.4) is 0 Å². The van der Waals surface area contributed by atoms with E-state index in [0.29, 0.717) is 17.9 Å². The zero-order chi connectivity index (χ0) is 12.0. The van der Waals surface area contributed by atoms with Crippen molar-refractivity contribution in [1.82, 2.24) is 0 Å². The number of ether oxygens (including phenoxy) is 1. The molecule has 0 aromatic heterocycles. The van der Waals surface area contributed by atoms with Crippen LogP contribution in [0.25, 0.3) is 0 Å². The third-order valence-electron chi connectivity index (χ3n) is 1.83. The summed E-state index contributed by atoms with van der Waals surface area (Å²) in [4.78, 5) is 21.9. The van der Waals surface area contributed by atoms with E-state index in [4.69, 9.17) is 9.84 Å². The Morgan fingerprint density at radius 3 is 2.62 bits per heavy atom. The van der Waals surface area contributed by atoms with Crippen molar-refractivity contribution in [2.24, 2.45) is 0 Å². The molecule has 1 aromatic rings. The van der Waals surface area contributed by atoms with E-state index >= 15 is 0 Å². The van der Waals surface area contributed by atoms with Gasteiger partial charge in [0.1, 0.15) is 5.75 Å². The molecule has 0 saturated carbocycles. The van der Waals surface area contributed by atoms with Crippen LogP contribution in [0.1, 0.15) is 17.3 Å². The normalized spacial score (nSPS) is 10.3. The van der Waals surface area contributed by atoms with Crippen LogP contribution in [0.4, 0.5) is 0 Å². The fourth-order valence-corrected chi connectivity index (χ4v) is 1.19. The Bertz CT molecular complexity index is 421. The van der Waals surface area contributed by atoms with Gasteiger partial charge in [0.25, 0.3) is 0 Å². The molecular weight excluding hydrogens is 208 g/mol. The van der Waals surface area contributed by atoms with Crippen molar-refractivity contribution < 1.29 is 19.4 Å². The highest BCUT2D eigenvalue weighted by Crippen LogP contribution is 2.18. The first kappa shape index (κ1) is 12.0. The second kappa shape index (κ2) is 5.70. The molecule has 0 radical (unpaired) electrons. The highest BCUT2D eigenvalue weighted by Gasteiger charge is 2.08. The van der Waals surface area contributed by atoms with Crippen molar-refractivity contribution in [2.75, 3.05) is 6.61 Å². The van der Waals surface area contributed by atoms with Crippen molar-refractivity contribution in [3.63, 3.8) is 0 Å². The van der Waals surface area contributed by atoms with E-state index in [2.05, 4.69) is 0 Å². The van der Waals surface area contributed by atoms with Gasteiger partial charge in [-0.25, -0.2) is 4.79 Å². The first-order valence-electron chi connectivity index (χ1n) is 4.82. The van der Waals surface area contributed by atoms with Gasteiger partial charge in [-0.15, -0.1) is 0 Å². The molecule has 0 unspecified atom stereocenters. The third-order valence-corrected chi connectivity index (χ3v) is 1.83. The van der Waals surface area contributed by atoms with E-state index in [0.717, 1.165) is 12.2 Å². The minimum Gasteiger partial charge on any atom is -0.493 e. The molecule has 0 atom stereocenters. The van der Waals surface area contributed by atoms with Gasteiger partial charge in [0.15, 0.2) is 5.78 Å². The van der Waals surface area contributed by atoms with Crippen LogP contribution in [0.2, 0.25) is 0 Å². The van der Waals surface area contributed by atoms with Crippen LogP contribution in [-0.2, 0) is 4.79 Å². The van der Waals surface area contributed by atoms with E-state index in [-0.39, 0.29) is 5.78 Å². The number of hydrogen-bond acceptors (Lipinski definition) is 3. The number of carboxylic acids is 1. The summed E-state index contributed by atoms with van der Waals surface area (Å²) >= 11 is 0. The average Bonchev–Trinajstić information content (AvgIpc) is 2.27. The molecule has 0 heterocycles. The number of para-hydroxylation sites is 1. The first-order chi connectivity index (χ1) is 7.65. The summed E-state index contributed by atoms with van der Waals surface area (Å²) in [5.41, 5.74) is 0.363. The maximum absolute atomic E-state index is 11.6. The van der Waals surface area contributed by atoms with Gasteiger partial charge in [0, 0.05) is 6.08 Å². The topological polar surface area (TPSA) is 63.6 Å². The van der Waals surface area contributed by atoms with E-state index in [1.54, 1.807) is 24.3 Å². The van der Waals surface area contributed by atoms with E-state index in [9.17, 15) is 9.59 Å². The molecule has 0 aliphatic carbocycles. The number of aliphatic carboxylic acids is 1. The van der Waals surface area contributed by atoms with E-state index < -0.39 is 5.97 Å². The summed E-state index contributed by atoms with van der Waals surface area (Å²) < 4.78 is 5.26. The van der Waals surface area contributed by atoms with E-state index in [1.165, 1.54) is 0 Å². The fourth-order valence-electron chi connectivity index (χ4n) is 1.19. The van der Waals surface area contributed by atoms with Crippen LogP contribution in [0.15, 0.2) is 36.4 Å². The van der Waals surface area contributed by atoms with Gasteiger partial charge in [-0.3, -0.25) is 4.79 Å². The molecule has 0 fully saturated rings. The Morgan fingerprint density at radius 1 is 1.31 bits per heavy atom. The van der Waals surface area contributed by atoms with E-state index in [1.807, 2.05) is 6.92 Å². The molecule has 16 heavy (non-hydrogen) atoms. The number of rotatable bonds is 5. The lowest BCUT2D eigenvalue weighted by molar-refractivity contribution is -0.131. The minimum atomic E-state index is -1.15. The fraction of sp³-hybridized carbons (Fsp3) is 0.167. The molecule has 0 aliphatic rings. The Balaban J connectivity index is 2.94. The lowest BCUT2D eigenvalue weighted by Gasteiger charge is -2.06. The predicted molar refractivity (Wildman–Crippen MR) is 58.7 cm³/mol. The van der Waals surface area contributed by atoms with Crippen LogP contribution in [0.5, 0.6) is 5.75 Å². The van der Waals surface area contributed by atoms with Crippen LogP contribution < -0.4 is 4.74 Å². The summed E-state index contributed by atoms with van der Waals surface area (Å²) in [6.07, 6.45) is 1.82. The van der Waals surface area contributed by atoms with Crippen molar-refractivity contribution in [2.45, 2.75) is 6.92 Å². The summed E-state index contributed by atoms with van der Waals surface area (Å²) in [7, 11) is 0. The number of carbonyl (C=O) groups is 2. The zero-order valence-electron chi connectivity index (χ0n) is 8.84. The summed E-state index contributed by atoms with van der Waals surface area (Å²) in [5, 5.41) is 8.41. The van der Waals surface area contributed by atoms with Crippen molar-refractivity contribution >= 4 is 11.8 Å². The van der Waals surface area contributed by atoms with Crippen LogP contribution in [-0.4, -0.2) is 23.5 Å².